The zero-order chi connectivity index (χ0) is 11.6. The Morgan fingerprint density at radius 3 is 2.47 bits per heavy atom. The van der Waals surface area contributed by atoms with Crippen molar-refractivity contribution in [1.82, 2.24) is 0 Å². The molecule has 0 radical (unpaired) electrons. The van der Waals surface area contributed by atoms with E-state index < -0.39 is 11.6 Å². The summed E-state index contributed by atoms with van der Waals surface area (Å²) in [6.45, 7) is 5.70. The molecule has 0 unspecified atom stereocenters. The summed E-state index contributed by atoms with van der Waals surface area (Å²) in [6.07, 6.45) is 0. The monoisotopic (exact) mass is 278 g/mol. The molecular formula is C11H13BrF2O. The maximum absolute atomic E-state index is 13.5. The van der Waals surface area contributed by atoms with E-state index in [1.54, 1.807) is 6.92 Å². The second-order valence-corrected chi connectivity index (χ2v) is 4.69. The van der Waals surface area contributed by atoms with Crippen LogP contribution in [0.2, 0.25) is 0 Å². The zero-order valence-electron chi connectivity index (χ0n) is 8.90. The lowest BCUT2D eigenvalue weighted by Crippen LogP contribution is -2.08. The Labute approximate surface area is 96.6 Å². The quantitative estimate of drug-likeness (QED) is 0.758. The smallest absolute Gasteiger partial charge is 0.192 e. The highest BCUT2D eigenvalue weighted by atomic mass is 79.9. The van der Waals surface area contributed by atoms with Crippen molar-refractivity contribution in [3.05, 3.63) is 27.7 Å². The summed E-state index contributed by atoms with van der Waals surface area (Å²) in [6, 6.07) is 1.40. The molecule has 0 atom stereocenters. The van der Waals surface area contributed by atoms with Crippen molar-refractivity contribution in [2.45, 2.75) is 20.8 Å². The van der Waals surface area contributed by atoms with Gasteiger partial charge in [0.25, 0.3) is 0 Å². The van der Waals surface area contributed by atoms with Crippen LogP contribution in [0.3, 0.4) is 0 Å². The summed E-state index contributed by atoms with van der Waals surface area (Å²) in [4.78, 5) is 0. The van der Waals surface area contributed by atoms with E-state index in [4.69, 9.17) is 4.74 Å². The summed E-state index contributed by atoms with van der Waals surface area (Å²) in [7, 11) is 0. The van der Waals surface area contributed by atoms with E-state index in [-0.39, 0.29) is 16.1 Å². The third kappa shape index (κ3) is 2.91. The molecule has 1 aromatic carbocycles. The Morgan fingerprint density at radius 1 is 1.33 bits per heavy atom. The molecule has 0 N–H and O–H groups in total. The second-order valence-electron chi connectivity index (χ2n) is 3.84. The van der Waals surface area contributed by atoms with Gasteiger partial charge < -0.3 is 4.74 Å². The molecule has 84 valence electrons. The largest absolute Gasteiger partial charge is 0.487 e. The lowest BCUT2D eigenvalue weighted by atomic mass is 10.2. The van der Waals surface area contributed by atoms with Crippen molar-refractivity contribution in [2.75, 3.05) is 6.61 Å². The number of rotatable bonds is 3. The molecule has 0 bridgehead atoms. The molecule has 1 rings (SSSR count). The molecule has 0 spiro atoms. The molecule has 0 saturated carbocycles. The van der Waals surface area contributed by atoms with Gasteiger partial charge in [0.05, 0.1) is 11.1 Å². The third-order valence-corrected chi connectivity index (χ3v) is 2.44. The van der Waals surface area contributed by atoms with Gasteiger partial charge in [-0.2, -0.15) is 0 Å². The fraction of sp³-hybridized carbons (Fsp3) is 0.455. The van der Waals surface area contributed by atoms with Gasteiger partial charge >= 0.3 is 0 Å². The Morgan fingerprint density at radius 2 is 1.93 bits per heavy atom. The van der Waals surface area contributed by atoms with Gasteiger partial charge in [0.1, 0.15) is 0 Å². The molecule has 0 aliphatic heterocycles. The standard InChI is InChI=1S/C11H13BrF2O/c1-6(2)5-15-11-9(13)7(3)4-8(12)10(11)14/h4,6H,5H2,1-3H3. The molecule has 0 aromatic heterocycles. The number of ether oxygens (including phenoxy) is 1. The highest BCUT2D eigenvalue weighted by Gasteiger charge is 2.17. The molecule has 0 saturated heterocycles. The molecule has 0 heterocycles. The van der Waals surface area contributed by atoms with Crippen LogP contribution in [0.25, 0.3) is 0 Å². The van der Waals surface area contributed by atoms with Crippen LogP contribution in [0.1, 0.15) is 19.4 Å². The second kappa shape index (κ2) is 4.92. The summed E-state index contributed by atoms with van der Waals surface area (Å²) in [5.74, 6) is -1.38. The zero-order valence-corrected chi connectivity index (χ0v) is 10.5. The molecule has 1 aromatic rings. The van der Waals surface area contributed by atoms with Gasteiger partial charge in [-0.15, -0.1) is 0 Å². The molecule has 0 aliphatic rings. The Hall–Kier alpha value is -0.640. The molecule has 0 amide bonds. The van der Waals surface area contributed by atoms with Crippen molar-refractivity contribution in [1.29, 1.82) is 0 Å². The first-order valence-corrected chi connectivity index (χ1v) is 5.49. The summed E-state index contributed by atoms with van der Waals surface area (Å²) in [5.41, 5.74) is 0.363. The van der Waals surface area contributed by atoms with E-state index in [0.717, 1.165) is 0 Å². The minimum Gasteiger partial charge on any atom is -0.487 e. The fourth-order valence-electron chi connectivity index (χ4n) is 1.08. The summed E-state index contributed by atoms with van der Waals surface area (Å²) < 4.78 is 32.3. The summed E-state index contributed by atoms with van der Waals surface area (Å²) >= 11 is 3.02. The minimum atomic E-state index is -0.682. The van der Waals surface area contributed by atoms with Crippen molar-refractivity contribution in [3.63, 3.8) is 0 Å². The van der Waals surface area contributed by atoms with Gasteiger partial charge in [0.15, 0.2) is 17.4 Å². The maximum Gasteiger partial charge on any atom is 0.192 e. The number of hydrogen-bond donors (Lipinski definition) is 0. The third-order valence-electron chi connectivity index (χ3n) is 1.86. The predicted octanol–water partition coefficient (Wildman–Crippen LogP) is 4.07. The Kier molecular flexibility index (Phi) is 4.08. The van der Waals surface area contributed by atoms with Gasteiger partial charge in [0, 0.05) is 0 Å². The predicted molar refractivity (Wildman–Crippen MR) is 59.1 cm³/mol. The van der Waals surface area contributed by atoms with Crippen molar-refractivity contribution in [3.8, 4) is 5.75 Å². The van der Waals surface area contributed by atoms with Crippen LogP contribution in [-0.4, -0.2) is 6.61 Å². The van der Waals surface area contributed by atoms with E-state index in [0.29, 0.717) is 12.2 Å². The lowest BCUT2D eigenvalue weighted by Gasteiger charge is -2.12. The normalized spacial score (nSPS) is 10.9. The molecular weight excluding hydrogens is 266 g/mol. The van der Waals surface area contributed by atoms with E-state index in [9.17, 15) is 8.78 Å². The van der Waals surface area contributed by atoms with Crippen LogP contribution in [0.15, 0.2) is 10.5 Å². The lowest BCUT2D eigenvalue weighted by molar-refractivity contribution is 0.246. The topological polar surface area (TPSA) is 9.23 Å². The van der Waals surface area contributed by atoms with Crippen LogP contribution >= 0.6 is 15.9 Å². The van der Waals surface area contributed by atoms with Gasteiger partial charge in [-0.3, -0.25) is 0 Å². The van der Waals surface area contributed by atoms with E-state index in [2.05, 4.69) is 15.9 Å². The van der Waals surface area contributed by atoms with Gasteiger partial charge in [-0.25, -0.2) is 8.78 Å². The van der Waals surface area contributed by atoms with Gasteiger partial charge in [-0.05, 0) is 40.4 Å². The Balaban J connectivity index is 3.04. The van der Waals surface area contributed by atoms with Gasteiger partial charge in [-0.1, -0.05) is 13.8 Å². The van der Waals surface area contributed by atoms with Crippen LogP contribution in [-0.2, 0) is 0 Å². The number of aryl methyl sites for hydroxylation is 1. The van der Waals surface area contributed by atoms with E-state index in [1.807, 2.05) is 13.8 Å². The number of hydrogen-bond acceptors (Lipinski definition) is 1. The Bertz CT molecular complexity index is 338. The molecule has 1 nitrogen and oxygen atoms in total. The van der Waals surface area contributed by atoms with Crippen LogP contribution in [0.4, 0.5) is 8.78 Å². The molecule has 0 aliphatic carbocycles. The maximum atomic E-state index is 13.5. The number of benzene rings is 1. The summed E-state index contributed by atoms with van der Waals surface area (Å²) in [5, 5.41) is 0. The van der Waals surface area contributed by atoms with Crippen LogP contribution in [0.5, 0.6) is 5.75 Å². The average Bonchev–Trinajstić information content (AvgIpc) is 2.14. The number of halogens is 3. The average molecular weight is 279 g/mol. The van der Waals surface area contributed by atoms with Crippen molar-refractivity contribution in [2.24, 2.45) is 5.92 Å². The highest BCUT2D eigenvalue weighted by molar-refractivity contribution is 9.10. The highest BCUT2D eigenvalue weighted by Crippen LogP contribution is 2.30. The van der Waals surface area contributed by atoms with Crippen LogP contribution in [0, 0.1) is 24.5 Å². The SMILES string of the molecule is Cc1cc(Br)c(F)c(OCC(C)C)c1F. The molecule has 15 heavy (non-hydrogen) atoms. The first kappa shape index (κ1) is 12.4. The molecule has 4 heteroatoms. The van der Waals surface area contributed by atoms with Crippen LogP contribution < -0.4 is 4.74 Å². The first-order chi connectivity index (χ1) is 6.93. The van der Waals surface area contributed by atoms with E-state index >= 15 is 0 Å². The van der Waals surface area contributed by atoms with Crippen molar-refractivity contribution < 1.29 is 13.5 Å². The fourth-order valence-corrected chi connectivity index (χ4v) is 1.60. The van der Waals surface area contributed by atoms with Crippen molar-refractivity contribution >= 4 is 15.9 Å². The minimum absolute atomic E-state index is 0.222. The molecule has 0 fully saturated rings. The first-order valence-electron chi connectivity index (χ1n) is 4.70. The van der Waals surface area contributed by atoms with E-state index in [1.165, 1.54) is 6.07 Å². The van der Waals surface area contributed by atoms with Gasteiger partial charge in [0.2, 0.25) is 0 Å².